The lowest BCUT2D eigenvalue weighted by Crippen LogP contribution is -2.30. The molecule has 1 amide bonds. The summed E-state index contributed by atoms with van der Waals surface area (Å²) >= 11 is 1.78. The average molecular weight is 326 g/mol. The van der Waals surface area contributed by atoms with Crippen molar-refractivity contribution in [2.75, 3.05) is 18.4 Å². The Hall–Kier alpha value is -2.39. The number of carbonyl (C=O) groups excluding carboxylic acids is 1. The highest BCUT2D eigenvalue weighted by Gasteiger charge is 2.44. The van der Waals surface area contributed by atoms with Crippen molar-refractivity contribution in [3.8, 4) is 6.07 Å². The van der Waals surface area contributed by atoms with Crippen molar-refractivity contribution in [1.29, 1.82) is 5.26 Å². The minimum atomic E-state index is 0.109. The Morgan fingerprint density at radius 2 is 2.30 bits per heavy atom. The smallest absolute Gasteiger partial charge is 0.223 e. The van der Waals surface area contributed by atoms with Gasteiger partial charge in [0, 0.05) is 40.9 Å². The molecule has 118 valence electrons. The van der Waals surface area contributed by atoms with E-state index in [1.165, 1.54) is 9.75 Å². The van der Waals surface area contributed by atoms with Crippen molar-refractivity contribution < 1.29 is 4.79 Å². The molecular weight excluding hydrogens is 308 g/mol. The van der Waals surface area contributed by atoms with Crippen molar-refractivity contribution in [2.45, 2.75) is 19.3 Å². The summed E-state index contributed by atoms with van der Waals surface area (Å²) < 4.78 is 0. The molecule has 0 aromatic carbocycles. The first-order valence-electron chi connectivity index (χ1n) is 7.62. The van der Waals surface area contributed by atoms with E-state index in [1.54, 1.807) is 29.7 Å². The number of hydrogen-bond acceptors (Lipinski definition) is 5. The standard InChI is InChI=1S/C17H18N4OS/c1-11-4-5-15(23-11)13-9-14(13)17(22)21-8-7-20-16-12(10-18)3-2-6-19-16/h2-6,13-14H,7-9H2,1H3,(H,19,20)(H,21,22). The second kappa shape index (κ2) is 6.80. The Morgan fingerprint density at radius 3 is 3.04 bits per heavy atom. The third-order valence-electron chi connectivity index (χ3n) is 3.90. The number of rotatable bonds is 6. The quantitative estimate of drug-likeness (QED) is 0.800. The van der Waals surface area contributed by atoms with E-state index in [0.29, 0.717) is 30.4 Å². The van der Waals surface area contributed by atoms with E-state index in [4.69, 9.17) is 5.26 Å². The summed E-state index contributed by atoms with van der Waals surface area (Å²) in [4.78, 5) is 18.9. The van der Waals surface area contributed by atoms with Crippen molar-refractivity contribution in [3.63, 3.8) is 0 Å². The number of amides is 1. The number of carbonyl (C=O) groups is 1. The van der Waals surface area contributed by atoms with Gasteiger partial charge >= 0.3 is 0 Å². The number of nitrogens with zero attached hydrogens (tertiary/aromatic N) is 2. The SMILES string of the molecule is Cc1ccc(C2CC2C(=O)NCCNc2ncccc2C#N)s1. The van der Waals surface area contributed by atoms with Gasteiger partial charge < -0.3 is 10.6 Å². The van der Waals surface area contributed by atoms with Crippen LogP contribution in [0, 0.1) is 24.2 Å². The minimum Gasteiger partial charge on any atom is -0.367 e. The normalized spacial score (nSPS) is 19.0. The lowest BCUT2D eigenvalue weighted by Gasteiger charge is -2.08. The molecule has 6 heteroatoms. The van der Waals surface area contributed by atoms with Gasteiger partial charge in [0.1, 0.15) is 11.9 Å². The highest BCUT2D eigenvalue weighted by Crippen LogP contribution is 2.49. The van der Waals surface area contributed by atoms with Crippen LogP contribution in [-0.4, -0.2) is 24.0 Å². The van der Waals surface area contributed by atoms with E-state index < -0.39 is 0 Å². The van der Waals surface area contributed by atoms with Crippen LogP contribution in [-0.2, 0) is 4.79 Å². The van der Waals surface area contributed by atoms with Gasteiger partial charge in [-0.25, -0.2) is 4.98 Å². The van der Waals surface area contributed by atoms with Crippen LogP contribution in [0.1, 0.15) is 27.7 Å². The summed E-state index contributed by atoms with van der Waals surface area (Å²) in [5.74, 6) is 1.17. The van der Waals surface area contributed by atoms with Crippen LogP contribution in [0.25, 0.3) is 0 Å². The maximum absolute atomic E-state index is 12.1. The third kappa shape index (κ3) is 3.69. The predicted molar refractivity (Wildman–Crippen MR) is 90.4 cm³/mol. The Morgan fingerprint density at radius 1 is 1.43 bits per heavy atom. The molecule has 5 nitrogen and oxygen atoms in total. The van der Waals surface area contributed by atoms with Gasteiger partial charge in [-0.2, -0.15) is 5.26 Å². The monoisotopic (exact) mass is 326 g/mol. The maximum atomic E-state index is 12.1. The Balaban J connectivity index is 1.42. The van der Waals surface area contributed by atoms with E-state index >= 15 is 0 Å². The van der Waals surface area contributed by atoms with Gasteiger partial charge in [0.2, 0.25) is 5.91 Å². The molecule has 0 spiro atoms. The fraction of sp³-hybridized carbons (Fsp3) is 0.353. The van der Waals surface area contributed by atoms with Crippen molar-refractivity contribution in [1.82, 2.24) is 10.3 Å². The molecule has 0 radical (unpaired) electrons. The summed E-state index contributed by atoms with van der Waals surface area (Å²) in [5, 5.41) is 15.0. The zero-order valence-corrected chi connectivity index (χ0v) is 13.7. The number of thiophene rings is 1. The van der Waals surface area contributed by atoms with Crippen molar-refractivity contribution in [3.05, 3.63) is 45.8 Å². The van der Waals surface area contributed by atoms with Crippen LogP contribution >= 0.6 is 11.3 Å². The molecule has 0 aliphatic heterocycles. The van der Waals surface area contributed by atoms with Crippen LogP contribution in [0.5, 0.6) is 0 Å². The Bertz CT molecular complexity index is 749. The summed E-state index contributed by atoms with van der Waals surface area (Å²) in [6, 6.07) is 9.77. The van der Waals surface area contributed by atoms with Crippen LogP contribution in [0.3, 0.4) is 0 Å². The molecule has 2 unspecified atom stereocenters. The lowest BCUT2D eigenvalue weighted by molar-refractivity contribution is -0.122. The molecule has 2 heterocycles. The van der Waals surface area contributed by atoms with Crippen LogP contribution in [0.2, 0.25) is 0 Å². The molecule has 23 heavy (non-hydrogen) atoms. The summed E-state index contributed by atoms with van der Waals surface area (Å²) in [7, 11) is 0. The molecule has 2 aromatic heterocycles. The topological polar surface area (TPSA) is 77.8 Å². The first-order valence-corrected chi connectivity index (χ1v) is 8.43. The van der Waals surface area contributed by atoms with Gasteiger partial charge in [-0.05, 0) is 37.6 Å². The largest absolute Gasteiger partial charge is 0.367 e. The van der Waals surface area contributed by atoms with Crippen LogP contribution in [0.4, 0.5) is 5.82 Å². The number of hydrogen-bond donors (Lipinski definition) is 2. The average Bonchev–Trinajstić information content (AvgIpc) is 3.26. The van der Waals surface area contributed by atoms with Gasteiger partial charge in [-0.1, -0.05) is 0 Å². The molecule has 1 fully saturated rings. The van der Waals surface area contributed by atoms with Crippen LogP contribution in [0.15, 0.2) is 30.5 Å². The van der Waals surface area contributed by atoms with Gasteiger partial charge in [0.15, 0.2) is 0 Å². The molecule has 0 saturated heterocycles. The van der Waals surface area contributed by atoms with Gasteiger partial charge in [-0.3, -0.25) is 4.79 Å². The third-order valence-corrected chi connectivity index (χ3v) is 5.03. The second-order valence-electron chi connectivity index (χ2n) is 5.63. The fourth-order valence-corrected chi connectivity index (χ4v) is 3.64. The Kier molecular flexibility index (Phi) is 4.58. The molecule has 1 aliphatic carbocycles. The number of aromatic nitrogens is 1. The molecule has 1 aliphatic rings. The van der Waals surface area contributed by atoms with Gasteiger partial charge in [0.05, 0.1) is 5.56 Å². The second-order valence-corrected chi connectivity index (χ2v) is 6.95. The van der Waals surface area contributed by atoms with E-state index in [2.05, 4.69) is 40.7 Å². The Labute approximate surface area is 139 Å². The minimum absolute atomic E-state index is 0.109. The molecule has 3 rings (SSSR count). The first-order chi connectivity index (χ1) is 11.2. The van der Waals surface area contributed by atoms with Crippen LogP contribution < -0.4 is 10.6 Å². The van der Waals surface area contributed by atoms with Crippen molar-refractivity contribution >= 4 is 23.1 Å². The number of pyridine rings is 1. The van der Waals surface area contributed by atoms with E-state index in [-0.39, 0.29) is 11.8 Å². The zero-order valence-electron chi connectivity index (χ0n) is 12.9. The van der Waals surface area contributed by atoms with E-state index in [9.17, 15) is 4.79 Å². The fourth-order valence-electron chi connectivity index (χ4n) is 2.59. The predicted octanol–water partition coefficient (Wildman–Crippen LogP) is 2.66. The summed E-state index contributed by atoms with van der Waals surface area (Å²) in [6.07, 6.45) is 2.58. The molecular formula is C17H18N4OS. The van der Waals surface area contributed by atoms with Gasteiger partial charge in [0.25, 0.3) is 0 Å². The zero-order chi connectivity index (χ0) is 16.2. The number of aryl methyl sites for hydroxylation is 1. The van der Waals surface area contributed by atoms with Gasteiger partial charge in [-0.15, -0.1) is 11.3 Å². The number of nitriles is 1. The number of anilines is 1. The van der Waals surface area contributed by atoms with Crippen molar-refractivity contribution in [2.24, 2.45) is 5.92 Å². The van der Waals surface area contributed by atoms with E-state index in [0.717, 1.165) is 6.42 Å². The number of nitrogens with one attached hydrogen (secondary N) is 2. The summed E-state index contributed by atoms with van der Waals surface area (Å²) in [5.41, 5.74) is 0.508. The maximum Gasteiger partial charge on any atom is 0.223 e. The first kappa shape index (κ1) is 15.5. The molecule has 2 atom stereocenters. The highest BCUT2D eigenvalue weighted by atomic mass is 32.1. The summed E-state index contributed by atoms with van der Waals surface area (Å²) in [6.45, 7) is 3.16. The molecule has 1 saturated carbocycles. The lowest BCUT2D eigenvalue weighted by atomic mass is 10.2. The van der Waals surface area contributed by atoms with E-state index in [1.807, 2.05) is 0 Å². The molecule has 2 N–H and O–H groups in total. The molecule has 2 aromatic rings. The highest BCUT2D eigenvalue weighted by molar-refractivity contribution is 7.12. The molecule has 0 bridgehead atoms.